The molecule has 1 N–H and O–H groups in total. The Morgan fingerprint density at radius 2 is 2.07 bits per heavy atom. The van der Waals surface area contributed by atoms with Crippen molar-refractivity contribution in [3.63, 3.8) is 0 Å². The van der Waals surface area contributed by atoms with Crippen molar-refractivity contribution in [3.8, 4) is 0 Å². The molecule has 2 heteroatoms. The van der Waals surface area contributed by atoms with E-state index >= 15 is 0 Å². The molecule has 2 saturated carbocycles. The average molecular weight is 197 g/mol. The van der Waals surface area contributed by atoms with Crippen LogP contribution in [0.25, 0.3) is 0 Å². The highest BCUT2D eigenvalue weighted by Crippen LogP contribution is 2.60. The molecule has 2 aliphatic rings. The maximum atomic E-state index is 5.02. The number of nitrogens with one attached hydrogen (secondary N) is 1. The third-order valence-corrected chi connectivity index (χ3v) is 3.76. The summed E-state index contributed by atoms with van der Waals surface area (Å²) in [6.07, 6.45) is 8.44. The van der Waals surface area contributed by atoms with Gasteiger partial charge in [-0.25, -0.2) is 0 Å². The molecule has 0 atom stereocenters. The van der Waals surface area contributed by atoms with Gasteiger partial charge in [0, 0.05) is 20.3 Å². The average Bonchev–Trinajstić information content (AvgIpc) is 3.03. The van der Waals surface area contributed by atoms with Crippen LogP contribution in [0.5, 0.6) is 0 Å². The summed E-state index contributed by atoms with van der Waals surface area (Å²) in [6.45, 7) is 3.37. The van der Waals surface area contributed by atoms with Gasteiger partial charge in [0.15, 0.2) is 0 Å². The van der Waals surface area contributed by atoms with E-state index in [0.717, 1.165) is 17.9 Å². The molecule has 82 valence electrons. The molecule has 2 fully saturated rings. The van der Waals surface area contributed by atoms with Crippen molar-refractivity contribution < 1.29 is 4.74 Å². The monoisotopic (exact) mass is 197 g/mol. The molecule has 2 rings (SSSR count). The molecule has 0 aromatic heterocycles. The van der Waals surface area contributed by atoms with Crippen LogP contribution in [0.3, 0.4) is 0 Å². The van der Waals surface area contributed by atoms with Gasteiger partial charge in [-0.2, -0.15) is 0 Å². The maximum absolute atomic E-state index is 5.02. The van der Waals surface area contributed by atoms with Crippen molar-refractivity contribution >= 4 is 0 Å². The van der Waals surface area contributed by atoms with E-state index in [-0.39, 0.29) is 0 Å². The second-order valence-corrected chi connectivity index (χ2v) is 5.01. The molecule has 2 nitrogen and oxygen atoms in total. The Bertz CT molecular complexity index is 173. The second kappa shape index (κ2) is 4.63. The highest BCUT2D eigenvalue weighted by molar-refractivity contribution is 5.04. The van der Waals surface area contributed by atoms with Gasteiger partial charge in [0.1, 0.15) is 0 Å². The lowest BCUT2D eigenvalue weighted by atomic mass is 10.0. The Kier molecular flexibility index (Phi) is 3.45. The van der Waals surface area contributed by atoms with Crippen LogP contribution >= 0.6 is 0 Å². The SMILES string of the molecule is COCCCCNCC1(C2CC2)CC1. The Labute approximate surface area is 87.4 Å². The minimum atomic E-state index is 0.765. The predicted molar refractivity (Wildman–Crippen MR) is 58.4 cm³/mol. The third-order valence-electron chi connectivity index (χ3n) is 3.76. The zero-order valence-electron chi connectivity index (χ0n) is 9.35. The van der Waals surface area contributed by atoms with Gasteiger partial charge < -0.3 is 10.1 Å². The summed E-state index contributed by atoms with van der Waals surface area (Å²) in [5.74, 6) is 1.09. The van der Waals surface area contributed by atoms with Crippen LogP contribution in [0.1, 0.15) is 38.5 Å². The number of unbranched alkanes of at least 4 members (excludes halogenated alkanes) is 1. The summed E-state index contributed by atoms with van der Waals surface area (Å²) in [7, 11) is 1.78. The van der Waals surface area contributed by atoms with Gasteiger partial charge in [-0.3, -0.25) is 0 Å². The molecule has 14 heavy (non-hydrogen) atoms. The van der Waals surface area contributed by atoms with E-state index in [9.17, 15) is 0 Å². The number of hydrogen-bond donors (Lipinski definition) is 1. The summed E-state index contributed by atoms with van der Waals surface area (Å²) in [6, 6.07) is 0. The van der Waals surface area contributed by atoms with Gasteiger partial charge in [-0.15, -0.1) is 0 Å². The Morgan fingerprint density at radius 1 is 1.29 bits per heavy atom. The fourth-order valence-corrected chi connectivity index (χ4v) is 2.42. The zero-order valence-corrected chi connectivity index (χ0v) is 9.35. The van der Waals surface area contributed by atoms with Gasteiger partial charge >= 0.3 is 0 Å². The van der Waals surface area contributed by atoms with Crippen LogP contribution < -0.4 is 5.32 Å². The number of rotatable bonds is 8. The molecule has 0 aliphatic heterocycles. The molecule has 0 amide bonds. The minimum Gasteiger partial charge on any atom is -0.385 e. The Morgan fingerprint density at radius 3 is 2.64 bits per heavy atom. The number of hydrogen-bond acceptors (Lipinski definition) is 2. The summed E-state index contributed by atoms with van der Waals surface area (Å²) < 4.78 is 5.02. The third kappa shape index (κ3) is 2.71. The normalized spacial score (nSPS) is 23.8. The maximum Gasteiger partial charge on any atom is 0.0462 e. The molecule has 0 aromatic rings. The van der Waals surface area contributed by atoms with Gasteiger partial charge in [0.05, 0.1) is 0 Å². The van der Waals surface area contributed by atoms with E-state index in [4.69, 9.17) is 4.74 Å². The van der Waals surface area contributed by atoms with Crippen LogP contribution in [-0.2, 0) is 4.74 Å². The fraction of sp³-hybridized carbons (Fsp3) is 1.00. The lowest BCUT2D eigenvalue weighted by molar-refractivity contribution is 0.192. The lowest BCUT2D eigenvalue weighted by Crippen LogP contribution is -2.26. The van der Waals surface area contributed by atoms with E-state index in [0.29, 0.717) is 0 Å². The first kappa shape index (κ1) is 10.4. The number of methoxy groups -OCH3 is 1. The van der Waals surface area contributed by atoms with Crippen LogP contribution in [0.15, 0.2) is 0 Å². The van der Waals surface area contributed by atoms with E-state index < -0.39 is 0 Å². The molecule has 0 heterocycles. The Hall–Kier alpha value is -0.0800. The van der Waals surface area contributed by atoms with Crippen LogP contribution in [0.2, 0.25) is 0 Å². The van der Waals surface area contributed by atoms with Crippen LogP contribution in [-0.4, -0.2) is 26.8 Å². The fourth-order valence-electron chi connectivity index (χ4n) is 2.42. The zero-order chi connectivity index (χ0) is 9.86. The highest BCUT2D eigenvalue weighted by Gasteiger charge is 2.52. The Balaban J connectivity index is 1.47. The molecule has 2 aliphatic carbocycles. The molecule has 0 aromatic carbocycles. The van der Waals surface area contributed by atoms with E-state index in [1.165, 1.54) is 51.6 Å². The van der Waals surface area contributed by atoms with Crippen molar-refractivity contribution in [2.24, 2.45) is 11.3 Å². The van der Waals surface area contributed by atoms with Gasteiger partial charge in [0.25, 0.3) is 0 Å². The number of ether oxygens (including phenoxy) is 1. The smallest absolute Gasteiger partial charge is 0.0462 e. The largest absolute Gasteiger partial charge is 0.385 e. The quantitative estimate of drug-likeness (QED) is 0.602. The van der Waals surface area contributed by atoms with Crippen molar-refractivity contribution in [3.05, 3.63) is 0 Å². The van der Waals surface area contributed by atoms with Crippen molar-refractivity contribution in [1.82, 2.24) is 5.32 Å². The minimum absolute atomic E-state index is 0.765. The van der Waals surface area contributed by atoms with Crippen LogP contribution in [0, 0.1) is 11.3 Å². The lowest BCUT2D eigenvalue weighted by Gasteiger charge is -2.14. The molecular formula is C12H23NO. The summed E-state index contributed by atoms with van der Waals surface area (Å²) in [5, 5.41) is 3.61. The van der Waals surface area contributed by atoms with Crippen molar-refractivity contribution in [2.75, 3.05) is 26.8 Å². The first-order chi connectivity index (χ1) is 6.87. The second-order valence-electron chi connectivity index (χ2n) is 5.01. The first-order valence-corrected chi connectivity index (χ1v) is 6.07. The first-order valence-electron chi connectivity index (χ1n) is 6.07. The van der Waals surface area contributed by atoms with Crippen molar-refractivity contribution in [1.29, 1.82) is 0 Å². The van der Waals surface area contributed by atoms with Gasteiger partial charge in [-0.05, 0) is 56.4 Å². The highest BCUT2D eigenvalue weighted by atomic mass is 16.5. The molecule has 0 spiro atoms. The predicted octanol–water partition coefficient (Wildman–Crippen LogP) is 2.19. The summed E-state index contributed by atoms with van der Waals surface area (Å²) >= 11 is 0. The van der Waals surface area contributed by atoms with Crippen LogP contribution in [0.4, 0.5) is 0 Å². The molecule has 0 radical (unpaired) electrons. The summed E-state index contributed by atoms with van der Waals surface area (Å²) in [4.78, 5) is 0. The molecule has 0 unspecified atom stereocenters. The molecule has 0 saturated heterocycles. The van der Waals surface area contributed by atoms with E-state index in [2.05, 4.69) is 5.32 Å². The standard InChI is InChI=1S/C12H23NO/c1-14-9-3-2-8-13-10-12(6-7-12)11-4-5-11/h11,13H,2-10H2,1H3. The summed E-state index contributed by atoms with van der Waals surface area (Å²) in [5.41, 5.74) is 0.765. The van der Waals surface area contributed by atoms with Gasteiger partial charge in [0.2, 0.25) is 0 Å². The molecular weight excluding hydrogens is 174 g/mol. The van der Waals surface area contributed by atoms with E-state index in [1.54, 1.807) is 7.11 Å². The van der Waals surface area contributed by atoms with E-state index in [1.807, 2.05) is 0 Å². The topological polar surface area (TPSA) is 21.3 Å². The van der Waals surface area contributed by atoms with Crippen molar-refractivity contribution in [2.45, 2.75) is 38.5 Å². The van der Waals surface area contributed by atoms with Gasteiger partial charge in [-0.1, -0.05) is 0 Å². The molecule has 0 bridgehead atoms.